The molecule has 0 aliphatic heterocycles. The predicted octanol–water partition coefficient (Wildman–Crippen LogP) is 3.30. The van der Waals surface area contributed by atoms with Crippen molar-refractivity contribution < 1.29 is 9.72 Å². The Morgan fingerprint density at radius 2 is 1.91 bits per heavy atom. The number of allylic oxidation sites excluding steroid dienone is 1. The molecule has 108 valence electrons. The number of nitro benzene ring substituents is 1. The normalized spacial score (nSPS) is 10.6. The number of nitrogens with zero attached hydrogens (tertiary/aromatic N) is 2. The summed E-state index contributed by atoms with van der Waals surface area (Å²) in [7, 11) is 0. The first-order chi connectivity index (χ1) is 10.6. The molecule has 6 nitrogen and oxygen atoms in total. The lowest BCUT2D eigenvalue weighted by Crippen LogP contribution is -2.05. The van der Waals surface area contributed by atoms with Gasteiger partial charge in [-0.3, -0.25) is 14.9 Å². The standard InChI is InChI=1S/C16H11N3O3/c17-10-13(11-18-14-6-2-1-3-7-14)16(20)12-5-4-8-15(9-12)19(21)22/h1-9,11,18H. The monoisotopic (exact) mass is 293 g/mol. The summed E-state index contributed by atoms with van der Waals surface area (Å²) in [6.07, 6.45) is 1.29. The lowest BCUT2D eigenvalue weighted by molar-refractivity contribution is -0.384. The Labute approximate surface area is 126 Å². The number of hydrogen-bond acceptors (Lipinski definition) is 5. The van der Waals surface area contributed by atoms with Crippen molar-refractivity contribution in [1.82, 2.24) is 0 Å². The maximum atomic E-state index is 12.2. The van der Waals surface area contributed by atoms with E-state index in [1.165, 1.54) is 24.4 Å². The summed E-state index contributed by atoms with van der Waals surface area (Å²) in [5, 5.41) is 22.7. The minimum atomic E-state index is -0.589. The van der Waals surface area contributed by atoms with Crippen LogP contribution in [0.1, 0.15) is 10.4 Å². The van der Waals surface area contributed by atoms with Gasteiger partial charge in [0.15, 0.2) is 0 Å². The van der Waals surface area contributed by atoms with Crippen LogP contribution in [-0.2, 0) is 0 Å². The van der Waals surface area contributed by atoms with E-state index in [-0.39, 0.29) is 16.8 Å². The molecule has 0 saturated heterocycles. The number of ketones is 1. The van der Waals surface area contributed by atoms with Crippen LogP contribution in [0.2, 0.25) is 0 Å². The fraction of sp³-hybridized carbons (Fsp3) is 0. The van der Waals surface area contributed by atoms with Gasteiger partial charge in [0.1, 0.15) is 11.6 Å². The van der Waals surface area contributed by atoms with Crippen molar-refractivity contribution in [2.45, 2.75) is 0 Å². The van der Waals surface area contributed by atoms with Crippen LogP contribution in [0.5, 0.6) is 0 Å². The van der Waals surface area contributed by atoms with Crippen LogP contribution in [0.3, 0.4) is 0 Å². The van der Waals surface area contributed by atoms with E-state index >= 15 is 0 Å². The summed E-state index contributed by atoms with van der Waals surface area (Å²) < 4.78 is 0. The minimum absolute atomic E-state index is 0.0943. The van der Waals surface area contributed by atoms with E-state index in [0.717, 1.165) is 11.8 Å². The molecular weight excluding hydrogens is 282 g/mol. The SMILES string of the molecule is N#CC(=CNc1ccccc1)C(=O)c1cccc([N+](=O)[O-])c1. The highest BCUT2D eigenvalue weighted by Gasteiger charge is 2.15. The highest BCUT2D eigenvalue weighted by atomic mass is 16.6. The second-order valence-corrected chi connectivity index (χ2v) is 4.32. The van der Waals surface area contributed by atoms with Crippen molar-refractivity contribution in [1.29, 1.82) is 5.26 Å². The van der Waals surface area contributed by atoms with Crippen molar-refractivity contribution in [3.05, 3.63) is 82.0 Å². The molecule has 2 rings (SSSR count). The summed E-state index contributed by atoms with van der Waals surface area (Å²) in [5.41, 5.74) is 0.488. The average Bonchev–Trinajstić information content (AvgIpc) is 2.56. The number of rotatable bonds is 5. The number of benzene rings is 2. The first kappa shape index (κ1) is 14.9. The molecule has 0 spiro atoms. The quantitative estimate of drug-likeness (QED) is 0.300. The molecule has 0 amide bonds. The molecule has 0 radical (unpaired) electrons. The third-order valence-corrected chi connectivity index (χ3v) is 2.84. The van der Waals surface area contributed by atoms with Crippen molar-refractivity contribution in [2.24, 2.45) is 0 Å². The summed E-state index contributed by atoms with van der Waals surface area (Å²) in [4.78, 5) is 22.4. The fourth-order valence-electron chi connectivity index (χ4n) is 1.75. The van der Waals surface area contributed by atoms with Gasteiger partial charge in [0, 0.05) is 29.6 Å². The molecule has 0 bridgehead atoms. The molecule has 0 aliphatic rings. The Balaban J connectivity index is 2.24. The molecule has 0 atom stereocenters. The van der Waals surface area contributed by atoms with E-state index in [2.05, 4.69) is 5.32 Å². The Morgan fingerprint density at radius 1 is 1.18 bits per heavy atom. The molecular formula is C16H11N3O3. The largest absolute Gasteiger partial charge is 0.360 e. The smallest absolute Gasteiger partial charge is 0.270 e. The van der Waals surface area contributed by atoms with Crippen LogP contribution < -0.4 is 5.32 Å². The molecule has 0 aliphatic carbocycles. The number of carbonyl (C=O) groups excluding carboxylic acids is 1. The lowest BCUT2D eigenvalue weighted by atomic mass is 10.0. The molecule has 1 N–H and O–H groups in total. The third-order valence-electron chi connectivity index (χ3n) is 2.84. The van der Waals surface area contributed by atoms with Crippen molar-refractivity contribution >= 4 is 17.2 Å². The van der Waals surface area contributed by atoms with Crippen LogP contribution in [0.15, 0.2) is 66.4 Å². The van der Waals surface area contributed by atoms with Gasteiger partial charge in [0.25, 0.3) is 5.69 Å². The zero-order valence-corrected chi connectivity index (χ0v) is 11.4. The highest BCUT2D eigenvalue weighted by Crippen LogP contribution is 2.16. The third kappa shape index (κ3) is 3.55. The molecule has 0 heterocycles. The number of Topliss-reactive ketones (excluding diaryl/α,β-unsaturated/α-hetero) is 1. The van der Waals surface area contributed by atoms with E-state index in [9.17, 15) is 14.9 Å². The molecule has 0 fully saturated rings. The summed E-state index contributed by atoms with van der Waals surface area (Å²) in [6.45, 7) is 0. The lowest BCUT2D eigenvalue weighted by Gasteiger charge is -2.02. The topological polar surface area (TPSA) is 96.0 Å². The molecule has 0 saturated carbocycles. The zero-order valence-electron chi connectivity index (χ0n) is 11.4. The Hall–Kier alpha value is -3.46. The second kappa shape index (κ2) is 6.81. The van der Waals surface area contributed by atoms with Crippen molar-refractivity contribution in [2.75, 3.05) is 5.32 Å². The van der Waals surface area contributed by atoms with Crippen molar-refractivity contribution in [3.8, 4) is 6.07 Å². The predicted molar refractivity (Wildman–Crippen MR) is 81.2 cm³/mol. The Kier molecular flexibility index (Phi) is 4.63. The van der Waals surface area contributed by atoms with Gasteiger partial charge in [0.05, 0.1) is 4.92 Å². The highest BCUT2D eigenvalue weighted by molar-refractivity contribution is 6.11. The minimum Gasteiger partial charge on any atom is -0.360 e. The summed E-state index contributed by atoms with van der Waals surface area (Å²) in [5.74, 6) is -0.574. The van der Waals surface area contributed by atoms with Gasteiger partial charge in [-0.15, -0.1) is 0 Å². The van der Waals surface area contributed by atoms with Gasteiger partial charge in [-0.25, -0.2) is 0 Å². The molecule has 0 unspecified atom stereocenters. The molecule has 2 aromatic rings. The second-order valence-electron chi connectivity index (χ2n) is 4.32. The fourth-order valence-corrected chi connectivity index (χ4v) is 1.75. The number of nitriles is 1. The average molecular weight is 293 g/mol. The van der Waals surface area contributed by atoms with E-state index in [1.807, 2.05) is 18.2 Å². The summed E-state index contributed by atoms with van der Waals surface area (Å²) in [6, 6.07) is 16.1. The van der Waals surface area contributed by atoms with Gasteiger partial charge >= 0.3 is 0 Å². The number of non-ortho nitro benzene ring substituents is 1. The number of hydrogen-bond donors (Lipinski definition) is 1. The van der Waals surface area contributed by atoms with Gasteiger partial charge in [-0.2, -0.15) is 5.26 Å². The van der Waals surface area contributed by atoms with Gasteiger partial charge in [-0.05, 0) is 12.1 Å². The van der Waals surface area contributed by atoms with Crippen molar-refractivity contribution in [3.63, 3.8) is 0 Å². The first-order valence-electron chi connectivity index (χ1n) is 6.33. The van der Waals surface area contributed by atoms with Crippen LogP contribution in [0, 0.1) is 21.4 Å². The summed E-state index contributed by atoms with van der Waals surface area (Å²) >= 11 is 0. The number of para-hydroxylation sites is 1. The maximum Gasteiger partial charge on any atom is 0.270 e. The van der Waals surface area contributed by atoms with Crippen LogP contribution in [-0.4, -0.2) is 10.7 Å². The van der Waals surface area contributed by atoms with Gasteiger partial charge < -0.3 is 5.32 Å². The zero-order chi connectivity index (χ0) is 15.9. The number of nitro groups is 1. The Bertz CT molecular complexity index is 777. The molecule has 6 heteroatoms. The molecule has 2 aromatic carbocycles. The van der Waals surface area contributed by atoms with E-state index < -0.39 is 10.7 Å². The van der Waals surface area contributed by atoms with Gasteiger partial charge in [0.2, 0.25) is 5.78 Å². The van der Waals surface area contributed by atoms with Crippen LogP contribution in [0.25, 0.3) is 0 Å². The maximum absolute atomic E-state index is 12.2. The molecule has 0 aromatic heterocycles. The molecule has 22 heavy (non-hydrogen) atoms. The van der Waals surface area contributed by atoms with Gasteiger partial charge in [-0.1, -0.05) is 30.3 Å². The number of carbonyl (C=O) groups is 1. The number of anilines is 1. The number of nitrogens with one attached hydrogen (secondary N) is 1. The van der Waals surface area contributed by atoms with Crippen LogP contribution >= 0.6 is 0 Å². The van der Waals surface area contributed by atoms with Crippen LogP contribution in [0.4, 0.5) is 11.4 Å². The first-order valence-corrected chi connectivity index (χ1v) is 6.33. The van der Waals surface area contributed by atoms with E-state index in [4.69, 9.17) is 5.26 Å². The van der Waals surface area contributed by atoms with E-state index in [1.54, 1.807) is 18.2 Å². The Morgan fingerprint density at radius 3 is 2.55 bits per heavy atom. The van der Waals surface area contributed by atoms with E-state index in [0.29, 0.717) is 0 Å².